The molecule has 0 spiro atoms. The topological polar surface area (TPSA) is 59.2 Å². The maximum Gasteiger partial charge on any atom is 0.389 e. The Morgan fingerprint density at radius 1 is 1.50 bits per heavy atom. The first-order valence-corrected chi connectivity index (χ1v) is 3.96. The Balaban J connectivity index is 2.52. The highest BCUT2D eigenvalue weighted by molar-refractivity contribution is 4.89. The fourth-order valence-corrected chi connectivity index (χ4v) is 0.792. The Morgan fingerprint density at radius 2 is 2.14 bits per heavy atom. The Morgan fingerprint density at radius 3 is 2.57 bits per heavy atom. The second-order valence-corrected chi connectivity index (χ2v) is 2.84. The average Bonchev–Trinajstić information content (AvgIpc) is 2.47. The Bertz CT molecular complexity index is 295. The van der Waals surface area contributed by atoms with Gasteiger partial charge in [0.05, 0.1) is 6.42 Å². The highest BCUT2D eigenvalue weighted by Gasteiger charge is 2.27. The third-order valence-corrected chi connectivity index (χ3v) is 1.47. The summed E-state index contributed by atoms with van der Waals surface area (Å²) in [6, 6.07) is 0. The molecule has 0 aliphatic heterocycles. The molecular weight excluding hydrogens is 201 g/mol. The quantitative estimate of drug-likeness (QED) is 0.823. The molecule has 0 radical (unpaired) electrons. The molecule has 0 unspecified atom stereocenters. The van der Waals surface area contributed by atoms with Gasteiger partial charge in [-0.15, -0.1) is 0 Å². The van der Waals surface area contributed by atoms with E-state index in [2.05, 4.69) is 14.7 Å². The van der Waals surface area contributed by atoms with Crippen LogP contribution >= 0.6 is 0 Å². The summed E-state index contributed by atoms with van der Waals surface area (Å²) in [7, 11) is 0. The molecule has 0 aliphatic rings. The van der Waals surface area contributed by atoms with Gasteiger partial charge in [0.25, 0.3) is 5.89 Å². The Labute approximate surface area is 77.7 Å². The van der Waals surface area contributed by atoms with E-state index in [0.29, 0.717) is 0 Å². The maximum atomic E-state index is 11.8. The van der Waals surface area contributed by atoms with Crippen LogP contribution < -0.4 is 0 Å². The number of hydrogen-bond acceptors (Lipinski definition) is 4. The zero-order valence-electron chi connectivity index (χ0n) is 7.38. The highest BCUT2D eigenvalue weighted by Crippen LogP contribution is 2.21. The molecule has 80 valence electrons. The van der Waals surface area contributed by atoms with E-state index in [9.17, 15) is 13.2 Å². The third-order valence-electron chi connectivity index (χ3n) is 1.47. The molecule has 14 heavy (non-hydrogen) atoms. The summed E-state index contributed by atoms with van der Waals surface area (Å²) in [5, 5.41) is 12.2. The number of aryl methyl sites for hydroxylation is 1. The lowest BCUT2D eigenvalue weighted by Gasteiger charge is -2.01. The van der Waals surface area contributed by atoms with Crippen molar-refractivity contribution in [2.24, 2.45) is 0 Å². The molecule has 7 heteroatoms. The summed E-state index contributed by atoms with van der Waals surface area (Å²) >= 11 is 0. The number of aliphatic hydroxyl groups excluding tert-OH is 1. The number of aliphatic hydroxyl groups is 1. The van der Waals surface area contributed by atoms with Crippen LogP contribution in [0.2, 0.25) is 0 Å². The molecule has 1 aromatic heterocycles. The number of nitrogens with zero attached hydrogens (tertiary/aromatic N) is 2. The van der Waals surface area contributed by atoms with E-state index < -0.39 is 18.7 Å². The molecule has 1 heterocycles. The van der Waals surface area contributed by atoms with Crippen molar-refractivity contribution in [1.29, 1.82) is 0 Å². The van der Waals surface area contributed by atoms with Gasteiger partial charge in [-0.25, -0.2) is 0 Å². The molecular formula is C7H9F3N2O2. The lowest BCUT2D eigenvalue weighted by atomic mass is 10.3. The summed E-state index contributed by atoms with van der Waals surface area (Å²) in [6.45, 7) is 1.39. The fraction of sp³-hybridized carbons (Fsp3) is 0.714. The molecule has 4 nitrogen and oxygen atoms in total. The summed E-state index contributed by atoms with van der Waals surface area (Å²) < 4.78 is 39.8. The van der Waals surface area contributed by atoms with Gasteiger partial charge in [-0.3, -0.25) is 0 Å². The first-order valence-electron chi connectivity index (χ1n) is 3.96. The minimum absolute atomic E-state index is 0.0433. The average molecular weight is 210 g/mol. The van der Waals surface area contributed by atoms with Crippen LogP contribution in [-0.4, -0.2) is 21.4 Å². The standard InChI is InChI=1S/C7H9F3N2O2/c1-4(13)6-11-5(12-14-6)2-3-7(8,9)10/h4,13H,2-3H2,1H3/t4-/m0/s1. The molecule has 0 aromatic carbocycles. The van der Waals surface area contributed by atoms with Gasteiger partial charge in [-0.2, -0.15) is 18.2 Å². The molecule has 1 rings (SSSR count). The smallest absolute Gasteiger partial charge is 0.384 e. The minimum atomic E-state index is -4.23. The number of aromatic nitrogens is 2. The monoisotopic (exact) mass is 210 g/mol. The molecule has 0 saturated heterocycles. The van der Waals surface area contributed by atoms with Gasteiger partial charge in [0.1, 0.15) is 6.10 Å². The molecule has 0 saturated carbocycles. The van der Waals surface area contributed by atoms with Crippen LogP contribution in [0.15, 0.2) is 4.52 Å². The van der Waals surface area contributed by atoms with Crippen LogP contribution in [0.4, 0.5) is 13.2 Å². The predicted octanol–water partition coefficient (Wildman–Crippen LogP) is 1.62. The fourth-order valence-electron chi connectivity index (χ4n) is 0.792. The van der Waals surface area contributed by atoms with E-state index >= 15 is 0 Å². The highest BCUT2D eigenvalue weighted by atomic mass is 19.4. The SMILES string of the molecule is C[C@H](O)c1nc(CCC(F)(F)F)no1. The molecule has 1 atom stereocenters. The third kappa shape index (κ3) is 3.33. The van der Waals surface area contributed by atoms with Crippen LogP contribution in [0.1, 0.15) is 31.2 Å². The van der Waals surface area contributed by atoms with Crippen LogP contribution in [0.5, 0.6) is 0 Å². The van der Waals surface area contributed by atoms with E-state index in [1.54, 1.807) is 0 Å². The van der Waals surface area contributed by atoms with E-state index in [0.717, 1.165) is 0 Å². The number of alkyl halides is 3. The second kappa shape index (κ2) is 3.95. The van der Waals surface area contributed by atoms with Crippen LogP contribution in [-0.2, 0) is 6.42 Å². The summed E-state index contributed by atoms with van der Waals surface area (Å²) in [6.07, 6.45) is -6.51. The van der Waals surface area contributed by atoms with Gasteiger partial charge in [-0.1, -0.05) is 5.16 Å². The number of halogens is 3. The van der Waals surface area contributed by atoms with Crippen molar-refractivity contribution in [3.05, 3.63) is 11.7 Å². The lowest BCUT2D eigenvalue weighted by molar-refractivity contribution is -0.134. The summed E-state index contributed by atoms with van der Waals surface area (Å²) in [5.74, 6) is -0.111. The van der Waals surface area contributed by atoms with E-state index in [1.807, 2.05) is 0 Å². The van der Waals surface area contributed by atoms with Crippen molar-refractivity contribution in [2.45, 2.75) is 32.0 Å². The van der Waals surface area contributed by atoms with Crippen molar-refractivity contribution >= 4 is 0 Å². The Kier molecular flexibility index (Phi) is 3.10. The van der Waals surface area contributed by atoms with Gasteiger partial charge in [-0.05, 0) is 6.92 Å². The van der Waals surface area contributed by atoms with Crippen molar-refractivity contribution < 1.29 is 22.8 Å². The maximum absolute atomic E-state index is 11.8. The van der Waals surface area contributed by atoms with Gasteiger partial charge in [0, 0.05) is 6.42 Å². The molecule has 1 aromatic rings. The largest absolute Gasteiger partial charge is 0.389 e. The number of rotatable bonds is 3. The summed E-state index contributed by atoms with van der Waals surface area (Å²) in [5.41, 5.74) is 0. The molecule has 1 N–H and O–H groups in total. The molecule has 0 amide bonds. The summed E-state index contributed by atoms with van der Waals surface area (Å²) in [4.78, 5) is 3.59. The van der Waals surface area contributed by atoms with Crippen LogP contribution in [0, 0.1) is 0 Å². The normalized spacial score (nSPS) is 14.4. The van der Waals surface area contributed by atoms with Crippen molar-refractivity contribution in [1.82, 2.24) is 10.1 Å². The lowest BCUT2D eigenvalue weighted by Crippen LogP contribution is -2.09. The van der Waals surface area contributed by atoms with Crippen molar-refractivity contribution in [2.75, 3.05) is 0 Å². The zero-order chi connectivity index (χ0) is 10.8. The van der Waals surface area contributed by atoms with Crippen LogP contribution in [0.25, 0.3) is 0 Å². The van der Waals surface area contributed by atoms with E-state index in [1.165, 1.54) is 6.92 Å². The van der Waals surface area contributed by atoms with Crippen LogP contribution in [0.3, 0.4) is 0 Å². The van der Waals surface area contributed by atoms with Crippen molar-refractivity contribution in [3.63, 3.8) is 0 Å². The Hall–Kier alpha value is -1.11. The van der Waals surface area contributed by atoms with Gasteiger partial charge >= 0.3 is 6.18 Å². The van der Waals surface area contributed by atoms with E-state index in [4.69, 9.17) is 5.11 Å². The van der Waals surface area contributed by atoms with Gasteiger partial charge in [0.15, 0.2) is 5.82 Å². The predicted molar refractivity (Wildman–Crippen MR) is 39.3 cm³/mol. The molecule has 0 fully saturated rings. The first-order chi connectivity index (χ1) is 6.38. The molecule has 0 bridgehead atoms. The van der Waals surface area contributed by atoms with Gasteiger partial charge < -0.3 is 9.63 Å². The number of hydrogen-bond donors (Lipinski definition) is 1. The first kappa shape index (κ1) is 11.0. The zero-order valence-corrected chi connectivity index (χ0v) is 7.38. The van der Waals surface area contributed by atoms with Gasteiger partial charge in [0.2, 0.25) is 0 Å². The van der Waals surface area contributed by atoms with Crippen molar-refractivity contribution in [3.8, 4) is 0 Å². The van der Waals surface area contributed by atoms with E-state index in [-0.39, 0.29) is 18.1 Å². The minimum Gasteiger partial charge on any atom is -0.384 e. The second-order valence-electron chi connectivity index (χ2n) is 2.84. The molecule has 0 aliphatic carbocycles.